The molecule has 2 aromatic rings. The minimum atomic E-state index is -0.0486. The third-order valence-corrected chi connectivity index (χ3v) is 6.51. The number of aromatic nitrogens is 2. The van der Waals surface area contributed by atoms with Crippen LogP contribution in [0.15, 0.2) is 59.3 Å². The highest BCUT2D eigenvalue weighted by atomic mass is 15.3. The van der Waals surface area contributed by atoms with E-state index in [-0.39, 0.29) is 11.1 Å². The topological polar surface area (TPSA) is 50.5 Å². The Morgan fingerprint density at radius 2 is 1.00 bits per heavy atom. The maximum Gasteiger partial charge on any atom is 0.113 e. The fourth-order valence-corrected chi connectivity index (χ4v) is 5.56. The van der Waals surface area contributed by atoms with Crippen LogP contribution < -0.4 is 0 Å². The summed E-state index contributed by atoms with van der Waals surface area (Å²) >= 11 is 0. The van der Waals surface area contributed by atoms with Gasteiger partial charge in [-0.15, -0.1) is 0 Å². The van der Waals surface area contributed by atoms with Crippen molar-refractivity contribution in [3.63, 3.8) is 0 Å². The first kappa shape index (κ1) is 11.5. The molecule has 4 heteroatoms. The van der Waals surface area contributed by atoms with Gasteiger partial charge in [-0.05, 0) is 71.9 Å². The van der Waals surface area contributed by atoms with Crippen LogP contribution in [0.4, 0.5) is 0 Å². The van der Waals surface area contributed by atoms with Gasteiger partial charge in [0.15, 0.2) is 0 Å². The molecule has 2 aromatic heterocycles. The average Bonchev–Trinajstić information content (AvgIpc) is 3.48. The van der Waals surface area contributed by atoms with Gasteiger partial charge in [0.05, 0.1) is 0 Å². The van der Waals surface area contributed by atoms with E-state index in [0.29, 0.717) is 23.7 Å². The Balaban J connectivity index is 1.57. The molecule has 0 aromatic carbocycles. The van der Waals surface area contributed by atoms with Crippen LogP contribution in [-0.4, -0.2) is 9.97 Å². The van der Waals surface area contributed by atoms with Gasteiger partial charge in [-0.2, -0.15) is 10.2 Å². The summed E-state index contributed by atoms with van der Waals surface area (Å²) in [5.41, 5.74) is 2.56. The molecule has 22 heavy (non-hydrogen) atoms. The minimum Gasteiger partial charge on any atom is -0.265 e. The summed E-state index contributed by atoms with van der Waals surface area (Å²) in [4.78, 5) is 8.36. The maximum absolute atomic E-state index is 4.97. The summed E-state index contributed by atoms with van der Waals surface area (Å²) < 4.78 is 0. The number of hydrogen-bond donors (Lipinski definition) is 0. The lowest BCUT2D eigenvalue weighted by molar-refractivity contribution is 0.110. The molecular formula is C18H16N4. The summed E-state index contributed by atoms with van der Waals surface area (Å²) in [5, 5.41) is 9.94. The second kappa shape index (κ2) is 3.45. The maximum atomic E-state index is 4.97. The molecule has 108 valence electrons. The highest BCUT2D eigenvalue weighted by Gasteiger charge is 2.81. The van der Waals surface area contributed by atoms with Gasteiger partial charge in [-0.25, -0.2) is 0 Å². The van der Waals surface area contributed by atoms with Crippen LogP contribution in [0, 0.1) is 23.7 Å². The molecule has 0 radical (unpaired) electrons. The number of nitrogens with zero attached hydrogens (tertiary/aromatic N) is 4. The molecule has 0 amide bonds. The molecule has 4 heterocycles. The number of azo groups is 1. The first-order chi connectivity index (χ1) is 10.9. The van der Waals surface area contributed by atoms with Crippen LogP contribution >= 0.6 is 0 Å². The SMILES string of the molecule is c1cc(C23N=NC(c4ccncc4)([C@@H]4C[C@@H]42)[C@H]2C[C@H]23)ccn1. The number of rotatable bonds is 2. The summed E-state index contributed by atoms with van der Waals surface area (Å²) in [6, 6.07) is 8.59. The fraction of sp³-hybridized carbons (Fsp3) is 0.444. The third kappa shape index (κ3) is 1.08. The summed E-state index contributed by atoms with van der Waals surface area (Å²) in [6.45, 7) is 0. The van der Waals surface area contributed by atoms with Crippen molar-refractivity contribution in [2.45, 2.75) is 23.9 Å². The van der Waals surface area contributed by atoms with Crippen LogP contribution in [0.2, 0.25) is 0 Å². The number of hydrogen-bond acceptors (Lipinski definition) is 4. The predicted octanol–water partition coefficient (Wildman–Crippen LogP) is 3.32. The van der Waals surface area contributed by atoms with Crippen LogP contribution in [0.5, 0.6) is 0 Å². The van der Waals surface area contributed by atoms with Gasteiger partial charge in [0, 0.05) is 24.8 Å². The van der Waals surface area contributed by atoms with Crippen molar-refractivity contribution in [1.82, 2.24) is 9.97 Å². The van der Waals surface area contributed by atoms with E-state index in [2.05, 4.69) is 34.2 Å². The van der Waals surface area contributed by atoms with Gasteiger partial charge in [0.2, 0.25) is 0 Å². The fourth-order valence-electron chi connectivity index (χ4n) is 5.56. The van der Waals surface area contributed by atoms with Crippen LogP contribution in [0.1, 0.15) is 24.0 Å². The van der Waals surface area contributed by atoms with Crippen molar-refractivity contribution < 1.29 is 0 Å². The molecule has 2 aliphatic heterocycles. The summed E-state index contributed by atoms with van der Waals surface area (Å²) in [7, 11) is 0. The molecule has 4 nitrogen and oxygen atoms in total. The quantitative estimate of drug-likeness (QED) is 0.851. The van der Waals surface area contributed by atoms with Crippen molar-refractivity contribution in [3.05, 3.63) is 60.2 Å². The summed E-state index contributed by atoms with van der Waals surface area (Å²) in [5.74, 6) is 2.63. The standard InChI is InChI=1S/C18H16N4/c1-5-19-6-2-11(1)17-13-9-15(13)18(22-21-17,16-10-14(16)17)12-3-7-20-8-4-12/h1-8,13-16H,9-10H2/t13-,14+,15+,16-,17?,18?. The van der Waals surface area contributed by atoms with Gasteiger partial charge in [0.1, 0.15) is 11.1 Å². The first-order valence-electron chi connectivity index (χ1n) is 8.12. The monoisotopic (exact) mass is 288 g/mol. The zero-order valence-electron chi connectivity index (χ0n) is 12.1. The molecule has 7 rings (SSSR count). The van der Waals surface area contributed by atoms with E-state index in [4.69, 9.17) is 10.2 Å². The second-order valence-electron chi connectivity index (χ2n) is 7.22. The van der Waals surface area contributed by atoms with Crippen molar-refractivity contribution in [1.29, 1.82) is 0 Å². The zero-order valence-corrected chi connectivity index (χ0v) is 12.1. The largest absolute Gasteiger partial charge is 0.265 e. The van der Waals surface area contributed by atoms with Crippen molar-refractivity contribution in [2.75, 3.05) is 0 Å². The molecule has 6 atom stereocenters. The Labute approximate surface area is 128 Å². The van der Waals surface area contributed by atoms with Gasteiger partial charge < -0.3 is 0 Å². The van der Waals surface area contributed by atoms with E-state index in [0.717, 1.165) is 0 Å². The second-order valence-corrected chi connectivity index (χ2v) is 7.22. The Morgan fingerprint density at radius 3 is 1.36 bits per heavy atom. The molecule has 3 saturated carbocycles. The predicted molar refractivity (Wildman–Crippen MR) is 79.9 cm³/mol. The molecule has 2 bridgehead atoms. The Kier molecular flexibility index (Phi) is 1.80. The normalized spacial score (nSPS) is 46.0. The van der Waals surface area contributed by atoms with Gasteiger partial charge >= 0.3 is 0 Å². The lowest BCUT2D eigenvalue weighted by atomic mass is 9.66. The van der Waals surface area contributed by atoms with E-state index in [9.17, 15) is 0 Å². The third-order valence-electron chi connectivity index (χ3n) is 6.51. The van der Waals surface area contributed by atoms with Gasteiger partial charge in [-0.3, -0.25) is 9.97 Å². The van der Waals surface area contributed by atoms with Crippen LogP contribution in [0.25, 0.3) is 0 Å². The molecular weight excluding hydrogens is 272 g/mol. The summed E-state index contributed by atoms with van der Waals surface area (Å²) in [6.07, 6.45) is 10.1. The Bertz CT molecular complexity index is 702. The minimum absolute atomic E-state index is 0.0486. The zero-order chi connectivity index (χ0) is 14.4. The molecule has 3 aliphatic carbocycles. The lowest BCUT2D eigenvalue weighted by Crippen LogP contribution is -2.47. The van der Waals surface area contributed by atoms with Gasteiger partial charge in [0.25, 0.3) is 0 Å². The molecule has 0 saturated heterocycles. The molecule has 0 N–H and O–H groups in total. The highest BCUT2D eigenvalue weighted by Crippen LogP contribution is 2.81. The van der Waals surface area contributed by atoms with E-state index < -0.39 is 0 Å². The molecule has 5 aliphatic rings. The van der Waals surface area contributed by atoms with Crippen molar-refractivity contribution in [2.24, 2.45) is 33.9 Å². The van der Waals surface area contributed by atoms with Crippen molar-refractivity contribution >= 4 is 0 Å². The lowest BCUT2D eigenvalue weighted by Gasteiger charge is -2.46. The first-order valence-corrected chi connectivity index (χ1v) is 8.12. The van der Waals surface area contributed by atoms with E-state index >= 15 is 0 Å². The molecule has 3 fully saturated rings. The Morgan fingerprint density at radius 1 is 0.636 bits per heavy atom. The Hall–Kier alpha value is -2.10. The average molecular weight is 288 g/mol. The van der Waals surface area contributed by atoms with Crippen molar-refractivity contribution in [3.8, 4) is 0 Å². The van der Waals surface area contributed by atoms with Crippen LogP contribution in [0.3, 0.4) is 0 Å². The van der Waals surface area contributed by atoms with Crippen LogP contribution in [-0.2, 0) is 11.1 Å². The molecule has 0 spiro atoms. The van der Waals surface area contributed by atoms with E-state index in [1.807, 2.05) is 24.8 Å². The van der Waals surface area contributed by atoms with E-state index in [1.165, 1.54) is 24.0 Å². The molecule has 2 unspecified atom stereocenters. The van der Waals surface area contributed by atoms with E-state index in [1.54, 1.807) is 0 Å². The smallest absolute Gasteiger partial charge is 0.113 e. The highest BCUT2D eigenvalue weighted by molar-refractivity contribution is 5.44. The number of pyridine rings is 2. The van der Waals surface area contributed by atoms with Gasteiger partial charge in [-0.1, -0.05) is 0 Å².